The monoisotopic (exact) mass is 292 g/mol. The summed E-state index contributed by atoms with van der Waals surface area (Å²) in [4.78, 5) is 12.5. The second-order valence-electron chi connectivity index (χ2n) is 6.77. The van der Waals surface area contributed by atoms with Crippen molar-refractivity contribution in [2.75, 3.05) is 6.54 Å². The molecule has 0 saturated heterocycles. The number of carbonyl (C=O) groups excluding carboxylic acids is 1. The Morgan fingerprint density at radius 3 is 2.95 bits per heavy atom. The fourth-order valence-electron chi connectivity index (χ4n) is 3.13. The van der Waals surface area contributed by atoms with E-state index in [1.54, 1.807) is 6.20 Å². The molecule has 5 heteroatoms. The number of rotatable bonds is 5. The Kier molecular flexibility index (Phi) is 5.04. The predicted octanol–water partition coefficient (Wildman–Crippen LogP) is 2.24. The van der Waals surface area contributed by atoms with Crippen LogP contribution in [-0.2, 0) is 6.54 Å². The number of amides is 1. The lowest BCUT2D eigenvalue weighted by atomic mass is 9.73. The predicted molar refractivity (Wildman–Crippen MR) is 84.1 cm³/mol. The maximum atomic E-state index is 12.5. The molecule has 1 heterocycles. The summed E-state index contributed by atoms with van der Waals surface area (Å²) in [6.45, 7) is 7.84. The van der Waals surface area contributed by atoms with Crippen LogP contribution in [0.2, 0.25) is 0 Å². The van der Waals surface area contributed by atoms with E-state index in [0.717, 1.165) is 25.1 Å². The van der Waals surface area contributed by atoms with Crippen molar-refractivity contribution in [2.24, 2.45) is 11.1 Å². The van der Waals surface area contributed by atoms with E-state index >= 15 is 0 Å². The minimum atomic E-state index is 0.00599. The zero-order chi connectivity index (χ0) is 15.5. The molecule has 1 aromatic heterocycles. The highest BCUT2D eigenvalue weighted by Crippen LogP contribution is 2.35. The van der Waals surface area contributed by atoms with Crippen molar-refractivity contribution in [3.05, 3.63) is 17.5 Å². The second kappa shape index (κ2) is 6.60. The minimum Gasteiger partial charge on any atom is -0.349 e. The fraction of sp³-hybridized carbons (Fsp3) is 0.750. The summed E-state index contributed by atoms with van der Waals surface area (Å²) in [5, 5.41) is 7.52. The van der Waals surface area contributed by atoms with Gasteiger partial charge in [0.25, 0.3) is 5.91 Å². The number of aromatic nitrogens is 2. The van der Waals surface area contributed by atoms with Crippen LogP contribution in [0.3, 0.4) is 0 Å². The van der Waals surface area contributed by atoms with Crippen molar-refractivity contribution < 1.29 is 4.79 Å². The van der Waals surface area contributed by atoms with Crippen LogP contribution in [0, 0.1) is 12.3 Å². The molecule has 0 bridgehead atoms. The van der Waals surface area contributed by atoms with Gasteiger partial charge in [0.1, 0.15) is 0 Å². The van der Waals surface area contributed by atoms with Gasteiger partial charge < -0.3 is 11.1 Å². The molecule has 0 spiro atoms. The van der Waals surface area contributed by atoms with E-state index < -0.39 is 0 Å². The number of hydrogen-bond donors (Lipinski definition) is 2. The van der Waals surface area contributed by atoms with E-state index in [-0.39, 0.29) is 17.4 Å². The first-order valence-corrected chi connectivity index (χ1v) is 7.99. The van der Waals surface area contributed by atoms with Gasteiger partial charge in [0.15, 0.2) is 0 Å². The van der Waals surface area contributed by atoms with Crippen molar-refractivity contribution >= 4 is 5.91 Å². The van der Waals surface area contributed by atoms with Gasteiger partial charge in [-0.3, -0.25) is 9.48 Å². The number of hydrogen-bond acceptors (Lipinski definition) is 3. The lowest BCUT2D eigenvalue weighted by molar-refractivity contribution is 0.0853. The number of aryl methyl sites for hydroxylation is 1. The average Bonchev–Trinajstić information content (AvgIpc) is 2.80. The summed E-state index contributed by atoms with van der Waals surface area (Å²) in [6, 6.07) is 0.255. The third-order valence-electron chi connectivity index (χ3n) is 4.73. The third kappa shape index (κ3) is 3.64. The van der Waals surface area contributed by atoms with Gasteiger partial charge in [-0.2, -0.15) is 5.10 Å². The van der Waals surface area contributed by atoms with Crippen molar-refractivity contribution in [3.63, 3.8) is 0 Å². The lowest BCUT2D eigenvalue weighted by Gasteiger charge is -2.39. The topological polar surface area (TPSA) is 72.9 Å². The SMILES string of the molecule is Cc1c(C(=O)NC2CCCCC2(C)C)cnn1CCCN. The largest absolute Gasteiger partial charge is 0.349 e. The molecule has 118 valence electrons. The summed E-state index contributed by atoms with van der Waals surface area (Å²) in [6.07, 6.45) is 7.25. The quantitative estimate of drug-likeness (QED) is 0.874. The molecule has 0 aliphatic heterocycles. The summed E-state index contributed by atoms with van der Waals surface area (Å²) >= 11 is 0. The van der Waals surface area contributed by atoms with Gasteiger partial charge in [0, 0.05) is 18.3 Å². The average molecular weight is 292 g/mol. The Labute approximate surface area is 127 Å². The van der Waals surface area contributed by atoms with Gasteiger partial charge >= 0.3 is 0 Å². The van der Waals surface area contributed by atoms with Gasteiger partial charge in [-0.1, -0.05) is 26.7 Å². The van der Waals surface area contributed by atoms with Gasteiger partial charge in [-0.25, -0.2) is 0 Å². The van der Waals surface area contributed by atoms with E-state index in [1.165, 1.54) is 19.3 Å². The molecule has 1 aliphatic rings. The Balaban J connectivity index is 2.05. The highest BCUT2D eigenvalue weighted by Gasteiger charge is 2.33. The molecule has 0 aromatic carbocycles. The Hall–Kier alpha value is -1.36. The van der Waals surface area contributed by atoms with Crippen molar-refractivity contribution in [2.45, 2.75) is 65.5 Å². The van der Waals surface area contributed by atoms with Crippen LogP contribution in [0.4, 0.5) is 0 Å². The molecule has 1 atom stereocenters. The molecule has 0 radical (unpaired) electrons. The number of nitrogens with two attached hydrogens (primary N) is 1. The van der Waals surface area contributed by atoms with E-state index in [1.807, 2.05) is 11.6 Å². The Morgan fingerprint density at radius 1 is 1.52 bits per heavy atom. The first-order valence-electron chi connectivity index (χ1n) is 7.99. The zero-order valence-corrected chi connectivity index (χ0v) is 13.5. The standard InChI is InChI=1S/C16H28N4O/c1-12-13(11-18-20(12)10-6-9-17)15(21)19-14-7-4-5-8-16(14,2)3/h11,14H,4-10,17H2,1-3H3,(H,19,21). The van der Waals surface area contributed by atoms with Gasteiger partial charge in [-0.05, 0) is 38.1 Å². The number of nitrogens with one attached hydrogen (secondary N) is 1. The smallest absolute Gasteiger partial charge is 0.254 e. The molecule has 1 unspecified atom stereocenters. The van der Waals surface area contributed by atoms with Crippen LogP contribution < -0.4 is 11.1 Å². The Bertz CT molecular complexity index is 492. The first kappa shape index (κ1) is 16.0. The Morgan fingerprint density at radius 2 is 2.29 bits per heavy atom. The maximum Gasteiger partial charge on any atom is 0.254 e. The first-order chi connectivity index (χ1) is 9.95. The molecule has 3 N–H and O–H groups in total. The maximum absolute atomic E-state index is 12.5. The highest BCUT2D eigenvalue weighted by molar-refractivity contribution is 5.95. The van der Waals surface area contributed by atoms with Gasteiger partial charge in [0.2, 0.25) is 0 Å². The van der Waals surface area contributed by atoms with Crippen molar-refractivity contribution in [1.82, 2.24) is 15.1 Å². The van der Waals surface area contributed by atoms with E-state index in [9.17, 15) is 4.79 Å². The van der Waals surface area contributed by atoms with Crippen LogP contribution in [0.5, 0.6) is 0 Å². The summed E-state index contributed by atoms with van der Waals surface area (Å²) in [5.74, 6) is 0.00599. The molecule has 5 nitrogen and oxygen atoms in total. The van der Waals surface area contributed by atoms with E-state index in [0.29, 0.717) is 12.1 Å². The molecule has 1 saturated carbocycles. The van der Waals surface area contributed by atoms with Crippen LogP contribution in [0.15, 0.2) is 6.20 Å². The van der Waals surface area contributed by atoms with Crippen LogP contribution in [0.25, 0.3) is 0 Å². The van der Waals surface area contributed by atoms with Gasteiger partial charge in [0.05, 0.1) is 11.8 Å². The summed E-state index contributed by atoms with van der Waals surface area (Å²) in [7, 11) is 0. The summed E-state index contributed by atoms with van der Waals surface area (Å²) < 4.78 is 1.87. The molecular weight excluding hydrogens is 264 g/mol. The molecule has 1 aromatic rings. The second-order valence-corrected chi connectivity index (χ2v) is 6.77. The van der Waals surface area contributed by atoms with Crippen LogP contribution in [-0.4, -0.2) is 28.3 Å². The fourth-order valence-corrected chi connectivity index (χ4v) is 3.13. The van der Waals surface area contributed by atoms with Crippen LogP contribution in [0.1, 0.15) is 62.0 Å². The molecule has 1 aliphatic carbocycles. The number of nitrogens with zero attached hydrogens (tertiary/aromatic N) is 2. The van der Waals surface area contributed by atoms with Crippen LogP contribution >= 0.6 is 0 Å². The molecular formula is C16H28N4O. The molecule has 1 fully saturated rings. The van der Waals surface area contributed by atoms with Gasteiger partial charge in [-0.15, -0.1) is 0 Å². The van der Waals surface area contributed by atoms with E-state index in [2.05, 4.69) is 24.3 Å². The molecule has 2 rings (SSSR count). The molecule has 1 amide bonds. The third-order valence-corrected chi connectivity index (χ3v) is 4.73. The number of carbonyl (C=O) groups is 1. The highest BCUT2D eigenvalue weighted by atomic mass is 16.1. The van der Waals surface area contributed by atoms with E-state index in [4.69, 9.17) is 5.73 Å². The minimum absolute atomic E-state index is 0.00599. The summed E-state index contributed by atoms with van der Waals surface area (Å²) in [5.41, 5.74) is 7.32. The van der Waals surface area contributed by atoms with Crippen molar-refractivity contribution in [1.29, 1.82) is 0 Å². The zero-order valence-electron chi connectivity index (χ0n) is 13.5. The molecule has 21 heavy (non-hydrogen) atoms. The lowest BCUT2D eigenvalue weighted by Crippen LogP contribution is -2.46. The normalized spacial score (nSPS) is 21.2. The van der Waals surface area contributed by atoms with Crippen molar-refractivity contribution in [3.8, 4) is 0 Å².